The summed E-state index contributed by atoms with van der Waals surface area (Å²) in [5, 5.41) is 7.19. The van der Waals surface area contributed by atoms with E-state index < -0.39 is 0 Å². The Morgan fingerprint density at radius 3 is 2.69 bits per heavy atom. The average Bonchev–Trinajstić information content (AvgIpc) is 3.07. The molecule has 2 aromatic heterocycles. The topological polar surface area (TPSA) is 75.9 Å². The summed E-state index contributed by atoms with van der Waals surface area (Å²) in [6, 6.07) is 9.72. The molecular formula is C19H22N6O. The maximum Gasteiger partial charge on any atom is 0.269 e. The summed E-state index contributed by atoms with van der Waals surface area (Å²) in [5.74, 6) is 0.821. The number of anilines is 1. The third kappa shape index (κ3) is 3.12. The van der Waals surface area contributed by atoms with E-state index in [0.29, 0.717) is 5.69 Å². The largest absolute Gasteiger partial charge is 0.353 e. The smallest absolute Gasteiger partial charge is 0.269 e. The van der Waals surface area contributed by atoms with Gasteiger partial charge in [-0.25, -0.2) is 9.97 Å². The van der Waals surface area contributed by atoms with Gasteiger partial charge in [0.25, 0.3) is 5.91 Å². The second-order valence-electron chi connectivity index (χ2n) is 6.72. The Morgan fingerprint density at radius 1 is 1.19 bits per heavy atom. The van der Waals surface area contributed by atoms with Crippen molar-refractivity contribution < 1.29 is 4.79 Å². The van der Waals surface area contributed by atoms with Gasteiger partial charge in [-0.3, -0.25) is 9.48 Å². The number of aromatic nitrogens is 4. The molecule has 1 atom stereocenters. The molecule has 1 N–H and O–H groups in total. The summed E-state index contributed by atoms with van der Waals surface area (Å²) < 4.78 is 1.59. The Kier molecular flexibility index (Phi) is 4.28. The fourth-order valence-corrected chi connectivity index (χ4v) is 3.52. The van der Waals surface area contributed by atoms with Crippen LogP contribution >= 0.6 is 0 Å². The Labute approximate surface area is 152 Å². The molecule has 3 heterocycles. The molecule has 1 saturated heterocycles. The van der Waals surface area contributed by atoms with Crippen molar-refractivity contribution in [3.05, 3.63) is 47.9 Å². The molecule has 0 saturated carbocycles. The van der Waals surface area contributed by atoms with E-state index >= 15 is 0 Å². The van der Waals surface area contributed by atoms with Crippen LogP contribution in [-0.2, 0) is 7.05 Å². The van der Waals surface area contributed by atoms with Crippen LogP contribution in [0.4, 0.5) is 5.82 Å². The average molecular weight is 350 g/mol. The normalized spacial score (nSPS) is 17.5. The van der Waals surface area contributed by atoms with Crippen molar-refractivity contribution in [3.63, 3.8) is 0 Å². The fourth-order valence-electron chi connectivity index (χ4n) is 3.52. The monoisotopic (exact) mass is 350 g/mol. The molecule has 4 rings (SSSR count). The zero-order valence-electron chi connectivity index (χ0n) is 15.0. The van der Waals surface area contributed by atoms with E-state index in [1.54, 1.807) is 24.0 Å². The van der Waals surface area contributed by atoms with Crippen LogP contribution in [0.25, 0.3) is 11.0 Å². The minimum atomic E-state index is -0.0850. The van der Waals surface area contributed by atoms with Gasteiger partial charge in [0, 0.05) is 32.4 Å². The molecule has 3 aromatic rings. The minimum Gasteiger partial charge on any atom is -0.353 e. The first-order valence-electron chi connectivity index (χ1n) is 8.89. The van der Waals surface area contributed by atoms with E-state index in [2.05, 4.69) is 20.3 Å². The number of fused-ring (bicyclic) bond motifs is 1. The van der Waals surface area contributed by atoms with Gasteiger partial charge in [-0.2, -0.15) is 5.10 Å². The third-order valence-electron chi connectivity index (χ3n) is 4.83. The van der Waals surface area contributed by atoms with Crippen molar-refractivity contribution in [2.24, 2.45) is 7.05 Å². The van der Waals surface area contributed by atoms with Gasteiger partial charge in [0.1, 0.15) is 5.69 Å². The number of piperidine rings is 1. The van der Waals surface area contributed by atoms with Gasteiger partial charge in [0.2, 0.25) is 0 Å². The van der Waals surface area contributed by atoms with Crippen molar-refractivity contribution in [2.75, 3.05) is 18.0 Å². The number of hydrogen-bond acceptors (Lipinski definition) is 5. The second kappa shape index (κ2) is 6.74. The summed E-state index contributed by atoms with van der Waals surface area (Å²) in [5.41, 5.74) is 3.30. The van der Waals surface area contributed by atoms with E-state index in [1.807, 2.05) is 31.2 Å². The van der Waals surface area contributed by atoms with Gasteiger partial charge in [-0.1, -0.05) is 12.1 Å². The number of rotatable bonds is 3. The molecule has 1 aromatic carbocycles. The van der Waals surface area contributed by atoms with Gasteiger partial charge in [-0.15, -0.1) is 0 Å². The van der Waals surface area contributed by atoms with E-state index in [9.17, 15) is 4.79 Å². The van der Waals surface area contributed by atoms with Gasteiger partial charge < -0.3 is 10.2 Å². The highest BCUT2D eigenvalue weighted by Crippen LogP contribution is 2.23. The van der Waals surface area contributed by atoms with Gasteiger partial charge in [0.05, 0.1) is 16.7 Å². The standard InChI is InChI=1S/C19H22N6O/c1-13-18(23-16-8-4-3-7-15(16)21-13)25-11-5-6-14(12-25)22-19(26)17-9-10-20-24(17)2/h3-4,7-10,14H,5-6,11-12H2,1-2H3,(H,22,26). The van der Waals surface area contributed by atoms with Gasteiger partial charge in [0.15, 0.2) is 5.82 Å². The number of para-hydroxylation sites is 2. The summed E-state index contributed by atoms with van der Waals surface area (Å²) in [7, 11) is 1.77. The molecule has 0 aliphatic carbocycles. The summed E-state index contributed by atoms with van der Waals surface area (Å²) in [6.07, 6.45) is 3.60. The second-order valence-corrected chi connectivity index (χ2v) is 6.72. The van der Waals surface area contributed by atoms with E-state index in [1.165, 1.54) is 0 Å². The maximum atomic E-state index is 12.5. The Hall–Kier alpha value is -2.96. The molecule has 0 spiro atoms. The quantitative estimate of drug-likeness (QED) is 0.783. The number of hydrogen-bond donors (Lipinski definition) is 1. The van der Waals surface area contributed by atoms with E-state index in [-0.39, 0.29) is 11.9 Å². The molecule has 1 aliphatic rings. The summed E-state index contributed by atoms with van der Waals surface area (Å²) >= 11 is 0. The Bertz CT molecular complexity index is 950. The first-order valence-corrected chi connectivity index (χ1v) is 8.89. The first-order chi connectivity index (χ1) is 12.6. The molecule has 7 heteroatoms. The molecule has 0 radical (unpaired) electrons. The highest BCUT2D eigenvalue weighted by molar-refractivity contribution is 5.92. The van der Waals surface area contributed by atoms with Crippen molar-refractivity contribution in [1.29, 1.82) is 0 Å². The number of nitrogens with one attached hydrogen (secondary N) is 1. The van der Waals surface area contributed by atoms with E-state index in [4.69, 9.17) is 4.98 Å². The lowest BCUT2D eigenvalue weighted by molar-refractivity contribution is 0.0923. The van der Waals surface area contributed by atoms with Crippen molar-refractivity contribution in [2.45, 2.75) is 25.8 Å². The predicted molar refractivity (Wildman–Crippen MR) is 100 cm³/mol. The fraction of sp³-hybridized carbons (Fsp3) is 0.368. The minimum absolute atomic E-state index is 0.0822. The van der Waals surface area contributed by atoms with E-state index in [0.717, 1.165) is 48.5 Å². The van der Waals surface area contributed by atoms with Crippen LogP contribution in [0.15, 0.2) is 36.5 Å². The summed E-state index contributed by atoms with van der Waals surface area (Å²) in [4.78, 5) is 24.2. The zero-order chi connectivity index (χ0) is 18.1. The van der Waals surface area contributed by atoms with Crippen molar-refractivity contribution >= 4 is 22.8 Å². The molecule has 26 heavy (non-hydrogen) atoms. The number of carbonyl (C=O) groups is 1. The number of amides is 1. The zero-order valence-corrected chi connectivity index (χ0v) is 15.0. The van der Waals surface area contributed by atoms with Crippen LogP contribution in [0.2, 0.25) is 0 Å². The Morgan fingerprint density at radius 2 is 1.96 bits per heavy atom. The Balaban J connectivity index is 1.53. The van der Waals surface area contributed by atoms with Crippen LogP contribution in [0.3, 0.4) is 0 Å². The lowest BCUT2D eigenvalue weighted by atomic mass is 10.1. The van der Waals surface area contributed by atoms with Crippen LogP contribution < -0.4 is 10.2 Å². The number of nitrogens with zero attached hydrogens (tertiary/aromatic N) is 5. The molecule has 7 nitrogen and oxygen atoms in total. The number of aryl methyl sites for hydroxylation is 2. The van der Waals surface area contributed by atoms with Gasteiger partial charge >= 0.3 is 0 Å². The van der Waals surface area contributed by atoms with Crippen molar-refractivity contribution in [1.82, 2.24) is 25.1 Å². The lowest BCUT2D eigenvalue weighted by Crippen LogP contribution is -2.48. The molecule has 1 aliphatic heterocycles. The first kappa shape index (κ1) is 16.5. The molecule has 1 amide bonds. The molecule has 1 fully saturated rings. The molecular weight excluding hydrogens is 328 g/mol. The SMILES string of the molecule is Cc1nc2ccccc2nc1N1CCCC(NC(=O)c2ccnn2C)C1. The van der Waals surface area contributed by atoms with Crippen LogP contribution in [0.5, 0.6) is 0 Å². The third-order valence-corrected chi connectivity index (χ3v) is 4.83. The molecule has 134 valence electrons. The van der Waals surface area contributed by atoms with Crippen LogP contribution in [-0.4, -0.2) is 44.8 Å². The maximum absolute atomic E-state index is 12.5. The predicted octanol–water partition coefficient (Wildman–Crippen LogP) is 2.07. The molecule has 1 unspecified atom stereocenters. The van der Waals surface area contributed by atoms with Crippen LogP contribution in [0, 0.1) is 6.92 Å². The highest BCUT2D eigenvalue weighted by Gasteiger charge is 2.25. The number of carbonyl (C=O) groups excluding carboxylic acids is 1. The van der Waals surface area contributed by atoms with Crippen LogP contribution in [0.1, 0.15) is 29.0 Å². The van der Waals surface area contributed by atoms with Gasteiger partial charge in [-0.05, 0) is 38.0 Å². The summed E-state index contributed by atoms with van der Waals surface area (Å²) in [6.45, 7) is 3.65. The number of benzene rings is 1. The van der Waals surface area contributed by atoms with Crippen molar-refractivity contribution in [3.8, 4) is 0 Å². The molecule has 0 bridgehead atoms. The highest BCUT2D eigenvalue weighted by atomic mass is 16.2. The lowest BCUT2D eigenvalue weighted by Gasteiger charge is -2.34.